The number of carbonyl (C=O) groups excluding carboxylic acids is 1. The van der Waals surface area contributed by atoms with E-state index in [1.54, 1.807) is 7.11 Å². The number of hydrogen-bond donors (Lipinski definition) is 2. The van der Waals surface area contributed by atoms with Crippen LogP contribution in [0.5, 0.6) is 0 Å². The van der Waals surface area contributed by atoms with Crippen molar-refractivity contribution < 1.29 is 9.53 Å². The van der Waals surface area contributed by atoms with Gasteiger partial charge in [0.25, 0.3) is 0 Å². The molecule has 6 heteroatoms. The van der Waals surface area contributed by atoms with Crippen molar-refractivity contribution in [3.8, 4) is 0 Å². The van der Waals surface area contributed by atoms with E-state index in [0.717, 1.165) is 34.0 Å². The lowest BCUT2D eigenvalue weighted by atomic mass is 10.0. The van der Waals surface area contributed by atoms with E-state index in [9.17, 15) is 4.79 Å². The average molecular weight is 384 g/mol. The summed E-state index contributed by atoms with van der Waals surface area (Å²) in [7, 11) is 1.67. The number of aromatic amines is 1. The van der Waals surface area contributed by atoms with Crippen LogP contribution in [0.15, 0.2) is 42.5 Å². The lowest BCUT2D eigenvalue weighted by Gasteiger charge is -2.27. The Morgan fingerprint density at radius 2 is 2.07 bits per heavy atom. The fourth-order valence-electron chi connectivity index (χ4n) is 3.67. The molecule has 1 aromatic heterocycles. The van der Waals surface area contributed by atoms with Crippen molar-refractivity contribution >= 4 is 28.5 Å². The van der Waals surface area contributed by atoms with Gasteiger partial charge in [0.2, 0.25) is 0 Å². The van der Waals surface area contributed by atoms with Crippen molar-refractivity contribution in [3.63, 3.8) is 0 Å². The Hall–Kier alpha value is -2.50. The first kappa shape index (κ1) is 17.9. The van der Waals surface area contributed by atoms with E-state index in [1.165, 1.54) is 5.69 Å². The monoisotopic (exact) mass is 383 g/mol. The molecule has 2 amide bonds. The third kappa shape index (κ3) is 3.66. The minimum absolute atomic E-state index is 0.0516. The highest BCUT2D eigenvalue weighted by Gasteiger charge is 2.24. The van der Waals surface area contributed by atoms with Crippen LogP contribution < -0.4 is 5.32 Å². The summed E-state index contributed by atoms with van der Waals surface area (Å²) in [5.41, 5.74) is 5.59. The lowest BCUT2D eigenvalue weighted by Crippen LogP contribution is -2.42. The molecule has 140 valence electrons. The number of carbonyl (C=O) groups is 1. The SMILES string of the molecule is COCc1ccccc1CNC(=O)N1CCc2[nH]c3ccc(Cl)cc3c2C1. The van der Waals surface area contributed by atoms with E-state index in [0.29, 0.717) is 31.3 Å². The zero-order chi connectivity index (χ0) is 18.8. The van der Waals surface area contributed by atoms with Crippen molar-refractivity contribution in [2.75, 3.05) is 13.7 Å². The van der Waals surface area contributed by atoms with Gasteiger partial charge in [0.15, 0.2) is 0 Å². The molecule has 27 heavy (non-hydrogen) atoms. The van der Waals surface area contributed by atoms with Crippen LogP contribution in [0.4, 0.5) is 4.79 Å². The highest BCUT2D eigenvalue weighted by atomic mass is 35.5. The second-order valence-electron chi connectivity index (χ2n) is 6.80. The maximum atomic E-state index is 12.7. The number of rotatable bonds is 4. The van der Waals surface area contributed by atoms with Crippen LogP contribution in [0.3, 0.4) is 0 Å². The molecule has 3 aromatic rings. The first-order valence-electron chi connectivity index (χ1n) is 9.03. The predicted molar refractivity (Wildman–Crippen MR) is 107 cm³/mol. The molecule has 1 aliphatic rings. The van der Waals surface area contributed by atoms with E-state index in [-0.39, 0.29) is 6.03 Å². The van der Waals surface area contributed by atoms with E-state index < -0.39 is 0 Å². The second-order valence-corrected chi connectivity index (χ2v) is 7.24. The molecule has 2 N–H and O–H groups in total. The second kappa shape index (κ2) is 7.62. The van der Waals surface area contributed by atoms with Crippen LogP contribution in [0.25, 0.3) is 10.9 Å². The highest BCUT2D eigenvalue weighted by molar-refractivity contribution is 6.31. The largest absolute Gasteiger partial charge is 0.380 e. The average Bonchev–Trinajstić information content (AvgIpc) is 3.04. The van der Waals surface area contributed by atoms with Gasteiger partial charge >= 0.3 is 6.03 Å². The molecule has 0 saturated heterocycles. The molecule has 0 unspecified atom stereocenters. The van der Waals surface area contributed by atoms with Gasteiger partial charge in [-0.2, -0.15) is 0 Å². The molecular formula is C21H22ClN3O2. The minimum Gasteiger partial charge on any atom is -0.380 e. The normalized spacial score (nSPS) is 13.6. The molecular weight excluding hydrogens is 362 g/mol. The molecule has 5 nitrogen and oxygen atoms in total. The summed E-state index contributed by atoms with van der Waals surface area (Å²) in [6.07, 6.45) is 0.815. The van der Waals surface area contributed by atoms with Gasteiger partial charge in [-0.05, 0) is 29.3 Å². The Kier molecular flexibility index (Phi) is 5.05. The first-order chi connectivity index (χ1) is 13.2. The molecule has 1 aliphatic heterocycles. The highest BCUT2D eigenvalue weighted by Crippen LogP contribution is 2.29. The van der Waals surface area contributed by atoms with Crippen LogP contribution in [-0.2, 0) is 30.9 Å². The Bertz CT molecular complexity index is 983. The van der Waals surface area contributed by atoms with Crippen LogP contribution >= 0.6 is 11.6 Å². The molecule has 0 atom stereocenters. The number of aromatic nitrogens is 1. The van der Waals surface area contributed by atoms with Crippen LogP contribution in [0.2, 0.25) is 5.02 Å². The zero-order valence-corrected chi connectivity index (χ0v) is 16.0. The van der Waals surface area contributed by atoms with Gasteiger partial charge < -0.3 is 19.9 Å². The predicted octanol–water partition coefficient (Wildman–Crippen LogP) is 4.24. The van der Waals surface area contributed by atoms with Crippen molar-refractivity contribution in [2.24, 2.45) is 0 Å². The van der Waals surface area contributed by atoms with Gasteiger partial charge in [-0.25, -0.2) is 4.79 Å². The summed E-state index contributed by atoms with van der Waals surface area (Å²) >= 11 is 6.16. The smallest absolute Gasteiger partial charge is 0.317 e. The van der Waals surface area contributed by atoms with Crippen molar-refractivity contribution in [2.45, 2.75) is 26.1 Å². The molecule has 0 aliphatic carbocycles. The Labute approximate surface area is 163 Å². The number of benzene rings is 2. The zero-order valence-electron chi connectivity index (χ0n) is 15.2. The molecule has 4 rings (SSSR count). The van der Waals surface area contributed by atoms with Gasteiger partial charge in [-0.3, -0.25) is 0 Å². The number of nitrogens with one attached hydrogen (secondary N) is 2. The topological polar surface area (TPSA) is 57.4 Å². The number of fused-ring (bicyclic) bond motifs is 3. The Morgan fingerprint density at radius 1 is 1.26 bits per heavy atom. The molecule has 0 spiro atoms. The van der Waals surface area contributed by atoms with E-state index >= 15 is 0 Å². The van der Waals surface area contributed by atoms with E-state index in [1.807, 2.05) is 47.4 Å². The van der Waals surface area contributed by atoms with Gasteiger partial charge in [-0.15, -0.1) is 0 Å². The van der Waals surface area contributed by atoms with Gasteiger partial charge in [0.1, 0.15) is 0 Å². The summed E-state index contributed by atoms with van der Waals surface area (Å²) in [6.45, 7) is 2.30. The molecule has 0 saturated carbocycles. The fraction of sp³-hybridized carbons (Fsp3) is 0.286. The van der Waals surface area contributed by atoms with E-state index in [4.69, 9.17) is 16.3 Å². The first-order valence-corrected chi connectivity index (χ1v) is 9.41. The number of halogens is 1. The number of urea groups is 1. The molecule has 0 radical (unpaired) electrons. The third-order valence-electron chi connectivity index (χ3n) is 5.07. The summed E-state index contributed by atoms with van der Waals surface area (Å²) in [5.74, 6) is 0. The number of H-pyrrole nitrogens is 1. The summed E-state index contributed by atoms with van der Waals surface area (Å²) in [4.78, 5) is 18.0. The number of nitrogens with zero attached hydrogens (tertiary/aromatic N) is 1. The Morgan fingerprint density at radius 3 is 2.89 bits per heavy atom. The third-order valence-corrected chi connectivity index (χ3v) is 5.31. The molecule has 0 bridgehead atoms. The fourth-order valence-corrected chi connectivity index (χ4v) is 3.84. The van der Waals surface area contributed by atoms with Crippen LogP contribution in [0, 0.1) is 0 Å². The van der Waals surface area contributed by atoms with Gasteiger partial charge in [-0.1, -0.05) is 35.9 Å². The standard InChI is InChI=1S/C21H22ClN3O2/c1-27-13-15-5-3-2-4-14(15)11-23-21(26)25-9-8-20-18(12-25)17-10-16(22)6-7-19(17)24-20/h2-7,10,24H,8-9,11-13H2,1H3,(H,23,26). The van der Waals surface area contributed by atoms with Gasteiger partial charge in [0.05, 0.1) is 6.61 Å². The molecule has 2 aromatic carbocycles. The van der Waals surface area contributed by atoms with Crippen molar-refractivity contribution in [1.29, 1.82) is 0 Å². The summed E-state index contributed by atoms with van der Waals surface area (Å²) < 4.78 is 5.24. The lowest BCUT2D eigenvalue weighted by molar-refractivity contribution is 0.183. The quantitative estimate of drug-likeness (QED) is 0.708. The summed E-state index contributed by atoms with van der Waals surface area (Å²) in [5, 5.41) is 4.85. The molecule has 2 heterocycles. The van der Waals surface area contributed by atoms with Gasteiger partial charge in [0, 0.05) is 60.3 Å². The minimum atomic E-state index is -0.0516. The van der Waals surface area contributed by atoms with Crippen LogP contribution in [-0.4, -0.2) is 29.6 Å². The van der Waals surface area contributed by atoms with E-state index in [2.05, 4.69) is 10.3 Å². The molecule has 0 fully saturated rings. The number of amides is 2. The number of methoxy groups -OCH3 is 1. The maximum Gasteiger partial charge on any atom is 0.317 e. The summed E-state index contributed by atoms with van der Waals surface area (Å²) in [6, 6.07) is 13.8. The Balaban J connectivity index is 1.47. The van der Waals surface area contributed by atoms with Crippen LogP contribution in [0.1, 0.15) is 22.4 Å². The van der Waals surface area contributed by atoms with Crippen molar-refractivity contribution in [3.05, 3.63) is 69.9 Å². The van der Waals surface area contributed by atoms with Crippen molar-refractivity contribution in [1.82, 2.24) is 15.2 Å². The number of hydrogen-bond acceptors (Lipinski definition) is 2. The number of ether oxygens (including phenoxy) is 1. The maximum absolute atomic E-state index is 12.7.